The van der Waals surface area contributed by atoms with Crippen molar-refractivity contribution >= 4 is 30.6 Å². The van der Waals surface area contributed by atoms with Crippen molar-refractivity contribution in [2.75, 3.05) is 12.3 Å². The number of carboxylic acid groups (broad SMARTS) is 1. The number of amides is 1. The van der Waals surface area contributed by atoms with Crippen molar-refractivity contribution in [1.29, 1.82) is 0 Å². The highest BCUT2D eigenvalue weighted by atomic mass is 32.1. The van der Waals surface area contributed by atoms with Crippen LogP contribution in [0.4, 0.5) is 8.78 Å². The van der Waals surface area contributed by atoms with Crippen LogP contribution in [0.3, 0.4) is 0 Å². The van der Waals surface area contributed by atoms with Gasteiger partial charge >= 0.3 is 5.97 Å². The molecule has 0 aliphatic rings. The average molecular weight is 301 g/mol. The van der Waals surface area contributed by atoms with Crippen LogP contribution in [0.25, 0.3) is 6.08 Å². The third-order valence-corrected chi connectivity index (χ3v) is 2.65. The third-order valence-electron chi connectivity index (χ3n) is 2.31. The first-order chi connectivity index (χ1) is 9.42. The van der Waals surface area contributed by atoms with Gasteiger partial charge < -0.3 is 10.4 Å². The lowest BCUT2D eigenvalue weighted by atomic mass is 10.1. The van der Waals surface area contributed by atoms with Crippen molar-refractivity contribution in [3.63, 3.8) is 0 Å². The number of hydrogen-bond donors (Lipinski definition) is 3. The first-order valence-electron chi connectivity index (χ1n) is 5.70. The summed E-state index contributed by atoms with van der Waals surface area (Å²) in [5.74, 6) is -3.00. The molecule has 0 heterocycles. The summed E-state index contributed by atoms with van der Waals surface area (Å²) >= 11 is 3.97. The molecule has 108 valence electrons. The van der Waals surface area contributed by atoms with E-state index in [0.717, 1.165) is 18.2 Å². The van der Waals surface area contributed by atoms with E-state index in [1.807, 2.05) is 0 Å². The summed E-state index contributed by atoms with van der Waals surface area (Å²) in [6.07, 6.45) is 1.09. The molecular weight excluding hydrogens is 288 g/mol. The molecule has 0 bridgehead atoms. The van der Waals surface area contributed by atoms with Crippen molar-refractivity contribution in [2.45, 2.75) is 6.42 Å². The Labute approximate surface area is 119 Å². The highest BCUT2D eigenvalue weighted by Crippen LogP contribution is 2.13. The topological polar surface area (TPSA) is 66.4 Å². The minimum atomic E-state index is -1.03. The second-order valence-electron chi connectivity index (χ2n) is 3.93. The van der Waals surface area contributed by atoms with E-state index in [1.54, 1.807) is 0 Å². The molecular formula is C13H13F2NO3S. The molecule has 1 aromatic carbocycles. The van der Waals surface area contributed by atoms with Crippen LogP contribution in [-0.4, -0.2) is 29.3 Å². The molecule has 0 unspecified atom stereocenters. The molecule has 0 aliphatic heterocycles. The van der Waals surface area contributed by atoms with Crippen molar-refractivity contribution < 1.29 is 23.5 Å². The summed E-state index contributed by atoms with van der Waals surface area (Å²) in [5, 5.41) is 10.8. The van der Waals surface area contributed by atoms with Gasteiger partial charge in [0.05, 0.1) is 6.42 Å². The summed E-state index contributed by atoms with van der Waals surface area (Å²) in [6, 6.07) is 2.89. The largest absolute Gasteiger partial charge is 0.481 e. The second-order valence-corrected chi connectivity index (χ2v) is 4.25. The highest BCUT2D eigenvalue weighted by molar-refractivity contribution is 7.80. The molecule has 4 nitrogen and oxygen atoms in total. The van der Waals surface area contributed by atoms with Gasteiger partial charge in [-0.2, -0.15) is 12.6 Å². The van der Waals surface area contributed by atoms with Gasteiger partial charge in [-0.1, -0.05) is 0 Å². The summed E-state index contributed by atoms with van der Waals surface area (Å²) in [7, 11) is 0. The van der Waals surface area contributed by atoms with Gasteiger partial charge in [-0.3, -0.25) is 9.59 Å². The molecule has 1 amide bonds. The molecule has 0 aromatic heterocycles. The van der Waals surface area contributed by atoms with Crippen LogP contribution in [0.15, 0.2) is 23.8 Å². The van der Waals surface area contributed by atoms with Crippen molar-refractivity contribution in [3.8, 4) is 0 Å². The summed E-state index contributed by atoms with van der Waals surface area (Å²) < 4.78 is 26.0. The third kappa shape index (κ3) is 5.40. The van der Waals surface area contributed by atoms with Gasteiger partial charge in [0.2, 0.25) is 5.91 Å². The standard InChI is InChI=1S/C13H13F2NO3S/c14-10-4-8(5-11(15)6-10)3-9(7-20)13(19)16-2-1-12(17)18/h3-6,20H,1-2,7H2,(H,16,19)(H,17,18)/b9-3-. The maximum Gasteiger partial charge on any atom is 0.305 e. The van der Waals surface area contributed by atoms with Crippen LogP contribution >= 0.6 is 12.6 Å². The number of halogens is 2. The van der Waals surface area contributed by atoms with E-state index in [9.17, 15) is 18.4 Å². The minimum absolute atomic E-state index is 0.0310. The van der Waals surface area contributed by atoms with Gasteiger partial charge in [-0.25, -0.2) is 8.78 Å². The van der Waals surface area contributed by atoms with E-state index in [4.69, 9.17) is 5.11 Å². The van der Waals surface area contributed by atoms with Crippen molar-refractivity contribution in [3.05, 3.63) is 41.0 Å². The molecule has 1 rings (SSSR count). The first kappa shape index (κ1) is 16.2. The Morgan fingerprint density at radius 1 is 1.25 bits per heavy atom. The molecule has 1 aromatic rings. The Morgan fingerprint density at radius 3 is 2.35 bits per heavy atom. The number of rotatable bonds is 6. The Balaban J connectivity index is 2.80. The number of hydrogen-bond acceptors (Lipinski definition) is 3. The van der Waals surface area contributed by atoms with Gasteiger partial charge in [0, 0.05) is 23.9 Å². The van der Waals surface area contributed by atoms with Gasteiger partial charge in [0.1, 0.15) is 11.6 Å². The van der Waals surface area contributed by atoms with Crippen LogP contribution in [0, 0.1) is 11.6 Å². The highest BCUT2D eigenvalue weighted by Gasteiger charge is 2.09. The normalized spacial score (nSPS) is 11.2. The lowest BCUT2D eigenvalue weighted by Gasteiger charge is -2.06. The monoisotopic (exact) mass is 301 g/mol. The van der Waals surface area contributed by atoms with Crippen LogP contribution in [-0.2, 0) is 9.59 Å². The summed E-state index contributed by atoms with van der Waals surface area (Å²) in [5.41, 5.74) is 0.378. The quantitative estimate of drug-likeness (QED) is 0.555. The molecule has 0 saturated heterocycles. The van der Waals surface area contributed by atoms with Crippen LogP contribution in [0.1, 0.15) is 12.0 Å². The van der Waals surface area contributed by atoms with E-state index in [0.29, 0.717) is 0 Å². The van der Waals surface area contributed by atoms with Crippen molar-refractivity contribution in [2.24, 2.45) is 0 Å². The van der Waals surface area contributed by atoms with Gasteiger partial charge in [0.25, 0.3) is 0 Å². The fourth-order valence-electron chi connectivity index (χ4n) is 1.44. The lowest BCUT2D eigenvalue weighted by Crippen LogP contribution is -2.27. The van der Waals surface area contributed by atoms with Crippen LogP contribution < -0.4 is 5.32 Å². The van der Waals surface area contributed by atoms with E-state index < -0.39 is 23.5 Å². The number of carbonyl (C=O) groups is 2. The molecule has 0 atom stereocenters. The van der Waals surface area contributed by atoms with Gasteiger partial charge in [-0.15, -0.1) is 0 Å². The Kier molecular flexibility index (Phi) is 6.17. The molecule has 0 spiro atoms. The zero-order valence-corrected chi connectivity index (χ0v) is 11.3. The predicted octanol–water partition coefficient (Wildman–Crippen LogP) is 1.87. The summed E-state index contributed by atoms with van der Waals surface area (Å²) in [6.45, 7) is -0.0310. The molecule has 0 radical (unpaired) electrons. The molecule has 20 heavy (non-hydrogen) atoms. The Morgan fingerprint density at radius 2 is 1.85 bits per heavy atom. The minimum Gasteiger partial charge on any atom is -0.481 e. The van der Waals surface area contributed by atoms with Crippen LogP contribution in [0.2, 0.25) is 0 Å². The molecule has 7 heteroatoms. The van der Waals surface area contributed by atoms with E-state index in [-0.39, 0.29) is 29.9 Å². The molecule has 2 N–H and O–H groups in total. The second kappa shape index (κ2) is 7.64. The molecule has 0 saturated carbocycles. The first-order valence-corrected chi connectivity index (χ1v) is 6.33. The molecule has 0 aliphatic carbocycles. The van der Waals surface area contributed by atoms with E-state index >= 15 is 0 Å². The number of benzene rings is 1. The smallest absolute Gasteiger partial charge is 0.305 e. The summed E-state index contributed by atoms with van der Waals surface area (Å²) in [4.78, 5) is 22.0. The van der Waals surface area contributed by atoms with E-state index in [1.165, 1.54) is 6.08 Å². The number of aliphatic carboxylic acids is 1. The lowest BCUT2D eigenvalue weighted by molar-refractivity contribution is -0.136. The fraction of sp³-hybridized carbons (Fsp3) is 0.231. The fourth-order valence-corrected chi connectivity index (χ4v) is 1.67. The van der Waals surface area contributed by atoms with Gasteiger partial charge in [-0.05, 0) is 23.8 Å². The van der Waals surface area contributed by atoms with E-state index in [2.05, 4.69) is 17.9 Å². The number of thiol groups is 1. The Bertz CT molecular complexity index is 526. The molecule has 0 fully saturated rings. The maximum atomic E-state index is 13.0. The number of nitrogens with one attached hydrogen (secondary N) is 1. The number of carbonyl (C=O) groups excluding carboxylic acids is 1. The zero-order valence-electron chi connectivity index (χ0n) is 10.4. The van der Waals surface area contributed by atoms with Crippen LogP contribution in [0.5, 0.6) is 0 Å². The zero-order chi connectivity index (χ0) is 15.1. The van der Waals surface area contributed by atoms with Crippen molar-refractivity contribution in [1.82, 2.24) is 5.32 Å². The average Bonchev–Trinajstić information content (AvgIpc) is 2.34. The maximum absolute atomic E-state index is 13.0. The predicted molar refractivity (Wildman–Crippen MR) is 73.5 cm³/mol. The SMILES string of the molecule is O=C(O)CCNC(=O)/C(=C\c1cc(F)cc(F)c1)CS. The Hall–Kier alpha value is -1.89. The van der Waals surface area contributed by atoms with Gasteiger partial charge in [0.15, 0.2) is 0 Å². The number of carboxylic acids is 1.